The molecule has 1 aromatic heterocycles. The van der Waals surface area contributed by atoms with Crippen LogP contribution in [0.25, 0.3) is 0 Å². The number of phosphoric ester groups is 1. The Labute approximate surface area is 295 Å². The van der Waals surface area contributed by atoms with Gasteiger partial charge in [-0.05, 0) is 12.5 Å². The van der Waals surface area contributed by atoms with Gasteiger partial charge in [-0.15, -0.1) is 0 Å². The van der Waals surface area contributed by atoms with Gasteiger partial charge in [0.15, 0.2) is 6.23 Å². The second kappa shape index (κ2) is 26.8. The summed E-state index contributed by atoms with van der Waals surface area (Å²) in [6, 6.07) is 1.37. The number of hydrogen-bond acceptors (Lipinski definition) is 11. The summed E-state index contributed by atoms with van der Waals surface area (Å²) in [5.41, 5.74) is 4.63. The van der Waals surface area contributed by atoms with Crippen molar-refractivity contribution >= 4 is 13.6 Å². The van der Waals surface area contributed by atoms with E-state index in [0.717, 1.165) is 17.4 Å². The predicted molar refractivity (Wildman–Crippen MR) is 149 cm³/mol. The van der Waals surface area contributed by atoms with Crippen molar-refractivity contribution in [1.29, 1.82) is 0 Å². The number of anilines is 1. The number of aromatic nitrogens is 2. The molecule has 1 aliphatic rings. The first-order chi connectivity index (χ1) is 19.1. The number of hydrogen-bond donors (Lipinski definition) is 4. The Hall–Kier alpha value is 0.630. The van der Waals surface area contributed by atoms with Gasteiger partial charge in [0.05, 0.1) is 21.0 Å². The Morgan fingerprint density at radius 2 is 1.36 bits per heavy atom. The Morgan fingerprint density at radius 3 is 1.74 bits per heavy atom. The summed E-state index contributed by atoms with van der Waals surface area (Å²) in [4.78, 5) is 35.5. The van der Waals surface area contributed by atoms with Crippen LogP contribution in [0.3, 0.4) is 0 Å². The molecular weight excluding hydrogens is 587 g/mol. The van der Waals surface area contributed by atoms with Gasteiger partial charge in [-0.2, -0.15) is 4.98 Å². The Balaban J connectivity index is 0. The van der Waals surface area contributed by atoms with Gasteiger partial charge in [-0.25, -0.2) is 4.79 Å². The first kappa shape index (κ1) is 44.8. The summed E-state index contributed by atoms with van der Waals surface area (Å²) in [6.45, 7) is 1.85. The van der Waals surface area contributed by atoms with Crippen molar-refractivity contribution in [3.05, 3.63) is 22.7 Å². The van der Waals surface area contributed by atoms with Crippen LogP contribution < -0.4 is 80.3 Å². The van der Waals surface area contributed by atoms with Crippen LogP contribution in [0, 0.1) is 0 Å². The van der Waals surface area contributed by atoms with E-state index in [0.29, 0.717) is 6.42 Å². The molecule has 0 aliphatic carbocycles. The first-order valence-corrected chi connectivity index (χ1v) is 16.2. The van der Waals surface area contributed by atoms with Gasteiger partial charge < -0.3 is 44.7 Å². The van der Waals surface area contributed by atoms with Gasteiger partial charge in [-0.3, -0.25) is 4.57 Å². The van der Waals surface area contributed by atoms with Gasteiger partial charge in [0.2, 0.25) is 0 Å². The van der Waals surface area contributed by atoms with Crippen molar-refractivity contribution < 1.29 is 98.0 Å². The molecule has 12 nitrogen and oxygen atoms in total. The zero-order valence-electron chi connectivity index (χ0n) is 25.9. The molecule has 0 radical (unpaired) electrons. The molecule has 1 fully saturated rings. The van der Waals surface area contributed by atoms with Crippen LogP contribution in [-0.4, -0.2) is 56.4 Å². The molecule has 42 heavy (non-hydrogen) atoms. The summed E-state index contributed by atoms with van der Waals surface area (Å²) in [6.07, 6.45) is 17.1. The molecule has 4 atom stereocenters. The number of aliphatic hydroxyl groups is 3. The van der Waals surface area contributed by atoms with Crippen molar-refractivity contribution in [2.45, 2.75) is 134 Å². The van der Waals surface area contributed by atoms with Gasteiger partial charge in [0, 0.05) is 6.20 Å². The van der Waals surface area contributed by atoms with E-state index in [9.17, 15) is 29.4 Å². The van der Waals surface area contributed by atoms with Crippen LogP contribution in [0.5, 0.6) is 0 Å². The number of ether oxygens (including phenoxy) is 1. The molecule has 2 rings (SSSR count). The zero-order valence-corrected chi connectivity index (χ0v) is 30.8. The van der Waals surface area contributed by atoms with Crippen molar-refractivity contribution in [2.24, 2.45) is 0 Å². The third kappa shape index (κ3) is 20.6. The average molecular weight is 638 g/mol. The molecule has 0 saturated carbocycles. The number of phosphoric acid groups is 1. The van der Waals surface area contributed by atoms with Gasteiger partial charge in [-0.1, -0.05) is 103 Å². The maximum absolute atomic E-state index is 11.5. The van der Waals surface area contributed by atoms with E-state index >= 15 is 0 Å². The van der Waals surface area contributed by atoms with Crippen molar-refractivity contribution in [3.8, 4) is 0 Å². The van der Waals surface area contributed by atoms with Crippen LogP contribution in [0.15, 0.2) is 17.1 Å². The van der Waals surface area contributed by atoms with Gasteiger partial charge in [0.1, 0.15) is 24.1 Å². The standard InChI is InChI=1S/C18H39O4P.C9H13N3O5.2Na/c1-2-3-4-5-6-7-8-9-10-11-12-13-14-15-16-17-18-22-23(19,20)21;10-5-1-2-12(9(16)11-5)8-7(15)6(14)4(3-13)17-8;;/h2-18H2,1H3,(H2,19,20,21);1-2,4,6-8,13-15H,3H2,(H2,10,11,16);;/q;;2*+1/p-2/t;4-,6-,7-,8-;;/m.1../s1. The minimum atomic E-state index is -4.76. The van der Waals surface area contributed by atoms with Crippen LogP contribution in [0.2, 0.25) is 0 Å². The fourth-order valence-corrected chi connectivity index (χ4v) is 4.91. The minimum absolute atomic E-state index is 0. The van der Waals surface area contributed by atoms with E-state index in [1.165, 1.54) is 95.7 Å². The molecule has 0 spiro atoms. The van der Waals surface area contributed by atoms with Crippen molar-refractivity contribution in [1.82, 2.24) is 9.55 Å². The quantitative estimate of drug-likeness (QED) is 0.0629. The Morgan fingerprint density at radius 1 is 0.905 bits per heavy atom. The Bertz CT molecular complexity index is 895. The molecule has 1 aliphatic heterocycles. The third-order valence-corrected chi connectivity index (χ3v) is 7.39. The second-order valence-corrected chi connectivity index (χ2v) is 11.5. The largest absolute Gasteiger partial charge is 1.00 e. The Kier molecular flexibility index (Phi) is 28.6. The van der Waals surface area contributed by atoms with Crippen LogP contribution in [-0.2, 0) is 13.8 Å². The molecule has 0 unspecified atom stereocenters. The summed E-state index contributed by atoms with van der Waals surface area (Å²) in [7, 11) is -4.76. The summed E-state index contributed by atoms with van der Waals surface area (Å²) < 4.78 is 20.6. The van der Waals surface area contributed by atoms with E-state index in [1.54, 1.807) is 0 Å². The van der Waals surface area contributed by atoms with E-state index in [1.807, 2.05) is 0 Å². The number of unbranched alkanes of at least 4 members (excludes halogenated alkanes) is 15. The molecule has 15 heteroatoms. The molecular formula is C27H50N3Na2O9P. The van der Waals surface area contributed by atoms with E-state index in [-0.39, 0.29) is 71.5 Å². The maximum Gasteiger partial charge on any atom is 1.00 e. The van der Waals surface area contributed by atoms with Crippen LogP contribution in [0.1, 0.15) is 116 Å². The molecule has 1 saturated heterocycles. The molecule has 0 bridgehead atoms. The summed E-state index contributed by atoms with van der Waals surface area (Å²) in [5.74, 6) is 0.0537. The summed E-state index contributed by atoms with van der Waals surface area (Å²) >= 11 is 0. The van der Waals surface area contributed by atoms with Gasteiger partial charge >= 0.3 is 64.8 Å². The van der Waals surface area contributed by atoms with E-state index in [4.69, 9.17) is 15.6 Å². The first-order valence-electron chi connectivity index (χ1n) is 14.7. The molecule has 0 amide bonds. The fourth-order valence-electron chi connectivity index (χ4n) is 4.56. The number of nitrogen functional groups attached to an aromatic ring is 1. The number of rotatable bonds is 20. The van der Waals surface area contributed by atoms with E-state index < -0.39 is 44.7 Å². The van der Waals surface area contributed by atoms with Gasteiger partial charge in [0.25, 0.3) is 0 Å². The summed E-state index contributed by atoms with van der Waals surface area (Å²) in [5, 5.41) is 28.2. The maximum atomic E-state index is 11.5. The van der Waals surface area contributed by atoms with Crippen molar-refractivity contribution in [3.63, 3.8) is 0 Å². The van der Waals surface area contributed by atoms with E-state index in [2.05, 4.69) is 16.4 Å². The number of nitrogens with two attached hydrogens (primary N) is 1. The smallest absolute Gasteiger partial charge is 0.790 e. The molecule has 5 N–H and O–H groups in total. The zero-order chi connectivity index (χ0) is 29.8. The van der Waals surface area contributed by atoms with Crippen LogP contribution >= 0.6 is 7.82 Å². The topological polar surface area (TPSA) is 203 Å². The SMILES string of the molecule is CCCCCCCCCCCCCCCCCCOP(=O)([O-])[O-].Nc1ccn([C@@H]2O[C@H](CO)[C@@H](O)[C@H]2O)c(=O)n1.[Na+].[Na+]. The normalized spacial score (nSPS) is 19.9. The molecule has 0 aromatic carbocycles. The number of aliphatic hydroxyl groups excluding tert-OH is 3. The monoisotopic (exact) mass is 637 g/mol. The molecule has 234 valence electrons. The minimum Gasteiger partial charge on any atom is -0.790 e. The number of nitrogens with zero attached hydrogens (tertiary/aromatic N) is 2. The van der Waals surface area contributed by atoms with Crippen molar-refractivity contribution in [2.75, 3.05) is 18.9 Å². The average Bonchev–Trinajstić information content (AvgIpc) is 3.19. The third-order valence-electron chi connectivity index (χ3n) is 6.89. The predicted octanol–water partition coefficient (Wildman–Crippen LogP) is -3.46. The fraction of sp³-hybridized carbons (Fsp3) is 0.852. The van der Waals surface area contributed by atoms with Crippen LogP contribution in [0.4, 0.5) is 5.82 Å². The molecule has 1 aromatic rings. The molecule has 2 heterocycles. The second-order valence-electron chi connectivity index (χ2n) is 10.4.